The van der Waals surface area contributed by atoms with Gasteiger partial charge >= 0.3 is 5.97 Å². The standard InChI is InChI=1S/C26H19ClN2O5S2/c27-19-10-11-21-22(12-19)29(16-28-21)24-13-23(25(35-24)26(30)31)34-14-17-6-4-5-7-18(17)15-36(32,33)20-8-2-1-3-9-20/h1-13,16H,14-15H2,(H,30,31). The number of aromatic carboxylic acids is 1. The van der Waals surface area contributed by atoms with Gasteiger partial charge < -0.3 is 9.84 Å². The molecule has 0 spiro atoms. The topological polar surface area (TPSA) is 98.5 Å². The Balaban J connectivity index is 1.43. The molecule has 0 fully saturated rings. The fraction of sp³-hybridized carbons (Fsp3) is 0.0769. The minimum atomic E-state index is -3.56. The predicted molar refractivity (Wildman–Crippen MR) is 139 cm³/mol. The fourth-order valence-electron chi connectivity index (χ4n) is 3.80. The Morgan fingerprint density at radius 2 is 1.72 bits per heavy atom. The van der Waals surface area contributed by atoms with Gasteiger partial charge in [0, 0.05) is 11.1 Å². The van der Waals surface area contributed by atoms with Gasteiger partial charge in [-0.3, -0.25) is 4.57 Å². The summed E-state index contributed by atoms with van der Waals surface area (Å²) in [6, 6.07) is 22.2. The molecule has 10 heteroatoms. The van der Waals surface area contributed by atoms with Crippen LogP contribution in [0, 0.1) is 0 Å². The molecule has 0 unspecified atom stereocenters. The van der Waals surface area contributed by atoms with Gasteiger partial charge in [-0.25, -0.2) is 18.2 Å². The lowest BCUT2D eigenvalue weighted by atomic mass is 10.1. The molecule has 2 heterocycles. The Hall–Kier alpha value is -3.66. The second-order valence-electron chi connectivity index (χ2n) is 7.96. The summed E-state index contributed by atoms with van der Waals surface area (Å²) in [4.78, 5) is 16.6. The average molecular weight is 539 g/mol. The van der Waals surface area contributed by atoms with Crippen LogP contribution < -0.4 is 4.74 Å². The van der Waals surface area contributed by atoms with Crippen molar-refractivity contribution in [2.45, 2.75) is 17.3 Å². The highest BCUT2D eigenvalue weighted by molar-refractivity contribution is 7.90. The van der Waals surface area contributed by atoms with Crippen LogP contribution in [0.25, 0.3) is 16.0 Å². The molecule has 0 aliphatic rings. The Labute approximate surface area is 216 Å². The van der Waals surface area contributed by atoms with E-state index in [-0.39, 0.29) is 27.9 Å². The maximum Gasteiger partial charge on any atom is 0.349 e. The monoisotopic (exact) mass is 538 g/mol. The van der Waals surface area contributed by atoms with Crippen molar-refractivity contribution >= 4 is 49.8 Å². The number of nitrogens with zero attached hydrogens (tertiary/aromatic N) is 2. The van der Waals surface area contributed by atoms with Gasteiger partial charge in [0.15, 0.2) is 14.7 Å². The second kappa shape index (κ2) is 9.77. The third kappa shape index (κ3) is 4.86. The molecule has 36 heavy (non-hydrogen) atoms. The van der Waals surface area contributed by atoms with E-state index in [1.807, 2.05) is 0 Å². The number of imidazole rings is 1. The zero-order chi connectivity index (χ0) is 25.3. The Kier molecular flexibility index (Phi) is 6.53. The molecule has 2 aromatic heterocycles. The molecule has 0 radical (unpaired) electrons. The van der Waals surface area contributed by atoms with Crippen LogP contribution in [-0.2, 0) is 22.2 Å². The summed E-state index contributed by atoms with van der Waals surface area (Å²) < 4.78 is 33.5. The van der Waals surface area contributed by atoms with Crippen LogP contribution in [0.3, 0.4) is 0 Å². The third-order valence-corrected chi connectivity index (χ3v) is 8.60. The first-order valence-corrected chi connectivity index (χ1v) is 13.6. The summed E-state index contributed by atoms with van der Waals surface area (Å²) in [6.07, 6.45) is 1.60. The number of rotatable bonds is 8. The first kappa shape index (κ1) is 24.1. The number of sulfone groups is 1. The van der Waals surface area contributed by atoms with Crippen molar-refractivity contribution in [1.82, 2.24) is 9.55 Å². The number of carboxylic acid groups (broad SMARTS) is 1. The molecule has 5 aromatic rings. The zero-order valence-corrected chi connectivity index (χ0v) is 21.1. The molecule has 5 rings (SSSR count). The number of hydrogen-bond acceptors (Lipinski definition) is 6. The number of fused-ring (bicyclic) bond motifs is 1. The average Bonchev–Trinajstić information content (AvgIpc) is 3.48. The molecule has 7 nitrogen and oxygen atoms in total. The van der Waals surface area contributed by atoms with Crippen molar-refractivity contribution in [3.63, 3.8) is 0 Å². The summed E-state index contributed by atoms with van der Waals surface area (Å²) in [7, 11) is -3.56. The summed E-state index contributed by atoms with van der Waals surface area (Å²) in [5.74, 6) is -1.13. The molecular formula is C26H19ClN2O5S2. The third-order valence-electron chi connectivity index (χ3n) is 5.58. The number of carbonyl (C=O) groups is 1. The van der Waals surface area contributed by atoms with Gasteiger partial charge in [0.25, 0.3) is 0 Å². The summed E-state index contributed by atoms with van der Waals surface area (Å²) in [5.41, 5.74) is 2.70. The van der Waals surface area contributed by atoms with Crippen molar-refractivity contribution in [2.75, 3.05) is 0 Å². The maximum atomic E-state index is 12.9. The predicted octanol–water partition coefficient (Wildman–Crippen LogP) is 5.99. The molecular weight excluding hydrogens is 520 g/mol. The lowest BCUT2D eigenvalue weighted by molar-refractivity contribution is 0.0697. The highest BCUT2D eigenvalue weighted by atomic mass is 35.5. The lowest BCUT2D eigenvalue weighted by Gasteiger charge is -2.11. The summed E-state index contributed by atoms with van der Waals surface area (Å²) in [6.45, 7) is 0.00738. The first-order chi connectivity index (χ1) is 17.3. The Morgan fingerprint density at radius 1 is 1.00 bits per heavy atom. The van der Waals surface area contributed by atoms with Crippen LogP contribution in [0.2, 0.25) is 5.02 Å². The van der Waals surface area contributed by atoms with Gasteiger partial charge in [-0.05, 0) is 41.5 Å². The van der Waals surface area contributed by atoms with Crippen molar-refractivity contribution < 1.29 is 23.1 Å². The van der Waals surface area contributed by atoms with E-state index < -0.39 is 15.8 Å². The first-order valence-electron chi connectivity index (χ1n) is 10.8. The number of thiophene rings is 1. The fourth-order valence-corrected chi connectivity index (χ4v) is 6.32. The quantitative estimate of drug-likeness (QED) is 0.260. The van der Waals surface area contributed by atoms with Gasteiger partial charge in [-0.1, -0.05) is 54.1 Å². The van der Waals surface area contributed by atoms with E-state index in [1.165, 1.54) is 0 Å². The highest BCUT2D eigenvalue weighted by Crippen LogP contribution is 2.35. The van der Waals surface area contributed by atoms with Gasteiger partial charge in [0.05, 0.1) is 21.7 Å². The SMILES string of the molecule is O=C(O)c1sc(-n2cnc3ccc(Cl)cc32)cc1OCc1ccccc1CS(=O)(=O)c1ccccc1. The smallest absolute Gasteiger partial charge is 0.349 e. The van der Waals surface area contributed by atoms with Crippen LogP contribution in [0.5, 0.6) is 5.75 Å². The van der Waals surface area contributed by atoms with E-state index >= 15 is 0 Å². The molecule has 1 N–H and O–H groups in total. The molecule has 0 saturated carbocycles. The number of carboxylic acids is 1. The number of halogens is 1. The lowest BCUT2D eigenvalue weighted by Crippen LogP contribution is -2.08. The molecule has 0 aliphatic carbocycles. The van der Waals surface area contributed by atoms with E-state index in [0.717, 1.165) is 22.4 Å². The van der Waals surface area contributed by atoms with E-state index in [2.05, 4.69) is 4.98 Å². The Morgan fingerprint density at radius 3 is 2.47 bits per heavy atom. The summed E-state index contributed by atoms with van der Waals surface area (Å²) in [5, 5.41) is 10.9. The minimum absolute atomic E-state index is 0.00738. The van der Waals surface area contributed by atoms with Crippen LogP contribution >= 0.6 is 22.9 Å². The molecule has 0 amide bonds. The van der Waals surface area contributed by atoms with E-state index in [1.54, 1.807) is 89.8 Å². The van der Waals surface area contributed by atoms with Crippen LogP contribution in [0.1, 0.15) is 20.8 Å². The minimum Gasteiger partial charge on any atom is -0.487 e. The van der Waals surface area contributed by atoms with Gasteiger partial charge in [-0.15, -0.1) is 11.3 Å². The molecule has 0 atom stereocenters. The second-order valence-corrected chi connectivity index (χ2v) is 11.4. The van der Waals surface area contributed by atoms with Crippen LogP contribution in [0.15, 0.2) is 90.1 Å². The maximum absolute atomic E-state index is 12.9. The number of hydrogen-bond donors (Lipinski definition) is 1. The van der Waals surface area contributed by atoms with Crippen LogP contribution in [-0.4, -0.2) is 29.0 Å². The molecule has 0 aliphatic heterocycles. The van der Waals surface area contributed by atoms with Crippen molar-refractivity contribution in [1.29, 1.82) is 0 Å². The highest BCUT2D eigenvalue weighted by Gasteiger charge is 2.21. The van der Waals surface area contributed by atoms with Gasteiger partial charge in [0.1, 0.15) is 23.7 Å². The number of benzene rings is 3. The Bertz CT molecular complexity index is 1680. The number of aromatic nitrogens is 2. The largest absolute Gasteiger partial charge is 0.487 e. The summed E-state index contributed by atoms with van der Waals surface area (Å²) >= 11 is 7.19. The molecule has 182 valence electrons. The molecule has 0 bridgehead atoms. The van der Waals surface area contributed by atoms with E-state index in [9.17, 15) is 18.3 Å². The normalized spacial score (nSPS) is 11.6. The van der Waals surface area contributed by atoms with Gasteiger partial charge in [-0.2, -0.15) is 0 Å². The number of ether oxygens (including phenoxy) is 1. The van der Waals surface area contributed by atoms with Crippen LogP contribution in [0.4, 0.5) is 0 Å². The molecule has 0 saturated heterocycles. The van der Waals surface area contributed by atoms with Crippen molar-refractivity contribution in [3.05, 3.63) is 106 Å². The zero-order valence-electron chi connectivity index (χ0n) is 18.7. The van der Waals surface area contributed by atoms with Gasteiger partial charge in [0.2, 0.25) is 0 Å². The van der Waals surface area contributed by atoms with E-state index in [0.29, 0.717) is 21.2 Å². The van der Waals surface area contributed by atoms with Crippen molar-refractivity contribution in [3.8, 4) is 10.8 Å². The van der Waals surface area contributed by atoms with Crippen molar-refractivity contribution in [2.24, 2.45) is 0 Å². The van der Waals surface area contributed by atoms with E-state index in [4.69, 9.17) is 16.3 Å². The molecule has 3 aromatic carbocycles.